The van der Waals surface area contributed by atoms with Gasteiger partial charge in [-0.05, 0) is 48.5 Å². The maximum atomic E-state index is 11.6. The fourth-order valence-electron chi connectivity index (χ4n) is 16.7. The van der Waals surface area contributed by atoms with Gasteiger partial charge in [0.05, 0.1) is 91.1 Å². The van der Waals surface area contributed by atoms with E-state index in [1.165, 1.54) is 68.0 Å². The lowest BCUT2D eigenvalue weighted by molar-refractivity contribution is -0.336. The summed E-state index contributed by atoms with van der Waals surface area (Å²) in [7, 11) is 1.35. The van der Waals surface area contributed by atoms with E-state index in [1.54, 1.807) is 13.8 Å². The van der Waals surface area contributed by atoms with Crippen molar-refractivity contribution in [3.05, 3.63) is 0 Å². The number of hydrogen-bond acceptors (Lipinski definition) is 27. The van der Waals surface area contributed by atoms with Crippen LogP contribution in [0.2, 0.25) is 0 Å². The number of aliphatic hydroxyl groups is 3. The van der Waals surface area contributed by atoms with Crippen molar-refractivity contribution in [2.24, 2.45) is 82.9 Å². The number of methoxy groups -OCH3 is 1. The summed E-state index contributed by atoms with van der Waals surface area (Å²) in [5, 5.41) is 35.1. The van der Waals surface area contributed by atoms with E-state index < -0.39 is 29.1 Å². The molecule has 0 spiro atoms. The number of fused-ring (bicyclic) bond motifs is 4. The second kappa shape index (κ2) is 34.4. The molecule has 0 aliphatic carbocycles. The van der Waals surface area contributed by atoms with Crippen LogP contribution < -0.4 is 5.32 Å². The smallest absolute Gasteiger partial charge is 0.308 e. The first kappa shape index (κ1) is 84.4. The standard InChI is InChI=1S/2C15H24O4S.C14H20O4S.C13H22O3S.C12H17NO5S.C3H6O2/c1-8-10(3)19-15(5,12-6-13(17)20-7-12)9(2)14(8)18-11(4)16;1-8(16)5-12-9(2)14(18)10(3)15(4,19-12)11-6-13(17)20-7-11;1-7-10-5-11(15)17-13(7)8(2)14(3,18-10)9-4-12(16)19-6-9;1-7-9(3)16-13(4,8(2)12(7)15)10-5-11(14)17-6-10;1-5-7-3-9(14)17-10(5)6(2)12(16,18-7)8-4-19-11(15)13-8;1-3(4)5-2/h8-10,12,14H,6-7H2,1-5H3;9-12,14,18H,5-7H2,1-4H3;7-10,13H,4-6H2,1-3H3;7-10,12,15H,5-6H2,1-4H3;5-8,10,16H,3-4H2,1-2H3,(H,13,15);1-2H3. The van der Waals surface area contributed by atoms with Crippen molar-refractivity contribution in [3.8, 4) is 0 Å². The molecule has 4 N–H and O–H groups in total. The summed E-state index contributed by atoms with van der Waals surface area (Å²) in [6.45, 7) is 36.7. The topological polar surface area (TPSA) is 326 Å². The number of ketones is 1. The molecule has 0 aromatic rings. The van der Waals surface area contributed by atoms with Crippen LogP contribution >= 0.6 is 58.8 Å². The number of thioether (sulfide) groups is 5. The van der Waals surface area contributed by atoms with Crippen molar-refractivity contribution >= 4 is 114 Å². The first-order valence-electron chi connectivity index (χ1n) is 35.6. The number of esters is 4. The zero-order valence-electron chi connectivity index (χ0n) is 62.1. The van der Waals surface area contributed by atoms with Gasteiger partial charge in [0.25, 0.3) is 5.24 Å². The van der Waals surface area contributed by atoms with Gasteiger partial charge in [-0.15, -0.1) is 0 Å². The Bertz CT molecular complexity index is 2880. The first-order valence-corrected chi connectivity index (χ1v) is 40.5. The van der Waals surface area contributed by atoms with Crippen molar-refractivity contribution in [1.29, 1.82) is 0 Å². The highest BCUT2D eigenvalue weighted by Gasteiger charge is 2.62. The van der Waals surface area contributed by atoms with Gasteiger partial charge in [0.15, 0.2) is 26.2 Å². The summed E-state index contributed by atoms with van der Waals surface area (Å²) < 4.78 is 51.4. The molecule has 0 saturated carbocycles. The fraction of sp³-hybridized carbons (Fsp3) is 0.861. The average molecular weight is 1510 g/mol. The van der Waals surface area contributed by atoms with Crippen molar-refractivity contribution in [2.75, 3.05) is 35.9 Å². The van der Waals surface area contributed by atoms with Crippen molar-refractivity contribution < 1.29 is 106 Å². The molecule has 568 valence electrons. The monoisotopic (exact) mass is 1500 g/mol. The highest BCUT2D eigenvalue weighted by atomic mass is 32.2. The van der Waals surface area contributed by atoms with Gasteiger partial charge in [-0.3, -0.25) is 47.9 Å². The minimum atomic E-state index is -1.47. The third kappa shape index (κ3) is 18.6. The van der Waals surface area contributed by atoms with Gasteiger partial charge >= 0.3 is 23.9 Å². The lowest BCUT2D eigenvalue weighted by Crippen LogP contribution is -2.67. The van der Waals surface area contributed by atoms with E-state index in [9.17, 15) is 63.3 Å². The molecule has 28 heteroatoms. The predicted molar refractivity (Wildman–Crippen MR) is 383 cm³/mol. The molecule has 30 unspecified atom stereocenters. The van der Waals surface area contributed by atoms with E-state index >= 15 is 0 Å². The van der Waals surface area contributed by atoms with E-state index in [0.717, 1.165) is 34.8 Å². The highest BCUT2D eigenvalue weighted by Crippen LogP contribution is 2.53. The Morgan fingerprint density at radius 2 is 0.850 bits per heavy atom. The number of carbonyl (C=O) groups is 10. The van der Waals surface area contributed by atoms with Gasteiger partial charge in [-0.1, -0.05) is 128 Å². The van der Waals surface area contributed by atoms with Gasteiger partial charge in [0.1, 0.15) is 24.1 Å². The van der Waals surface area contributed by atoms with E-state index in [0.29, 0.717) is 44.3 Å². The van der Waals surface area contributed by atoms with Crippen LogP contribution in [-0.2, 0) is 85.8 Å². The molecule has 12 fully saturated rings. The van der Waals surface area contributed by atoms with E-state index in [1.807, 2.05) is 55.4 Å². The Morgan fingerprint density at radius 1 is 0.470 bits per heavy atom. The van der Waals surface area contributed by atoms with Crippen LogP contribution in [0.3, 0.4) is 0 Å². The maximum absolute atomic E-state index is 11.6. The van der Waals surface area contributed by atoms with Crippen LogP contribution in [0.5, 0.6) is 0 Å². The number of hydrogen-bond donors (Lipinski definition) is 4. The van der Waals surface area contributed by atoms with Gasteiger partial charge in [0, 0.05) is 158 Å². The molecule has 100 heavy (non-hydrogen) atoms. The molecular formula is C72H113NO22S5. The minimum absolute atomic E-state index is 0.0150. The van der Waals surface area contributed by atoms with Crippen molar-refractivity contribution in [3.63, 3.8) is 0 Å². The molecule has 12 aliphatic heterocycles. The summed E-state index contributed by atoms with van der Waals surface area (Å²) >= 11 is 6.68. The third-order valence-electron chi connectivity index (χ3n) is 24.9. The Kier molecular flexibility index (Phi) is 29.0. The molecule has 0 aromatic carbocycles. The fourth-order valence-corrected chi connectivity index (χ4v) is 22.2. The molecule has 12 rings (SSSR count). The Hall–Kier alpha value is -2.87. The van der Waals surface area contributed by atoms with E-state index in [2.05, 4.69) is 58.5 Å². The summed E-state index contributed by atoms with van der Waals surface area (Å²) in [4.78, 5) is 113. The molecule has 12 aliphatic rings. The Labute approximate surface area is 612 Å². The molecule has 30 atom stereocenters. The number of carbonyl (C=O) groups excluding carboxylic acids is 10. The minimum Gasteiger partial charge on any atom is -0.469 e. The van der Waals surface area contributed by atoms with E-state index in [-0.39, 0.29) is 211 Å². The molecule has 0 aromatic heterocycles. The first-order chi connectivity index (χ1) is 46.5. The van der Waals surface area contributed by atoms with Crippen LogP contribution in [0, 0.1) is 82.9 Å². The number of Topliss-reactive ketones (excluding diaryl/α,β-unsaturated/α-hetero) is 1. The normalized spacial score (nSPS) is 46.4. The highest BCUT2D eigenvalue weighted by molar-refractivity contribution is 8.15. The maximum Gasteiger partial charge on any atom is 0.308 e. The van der Waals surface area contributed by atoms with Crippen molar-refractivity contribution in [2.45, 2.75) is 272 Å². The Balaban J connectivity index is 0.000000173. The lowest BCUT2D eigenvalue weighted by atomic mass is 9.68. The molecular weight excluding hydrogens is 1390 g/mol. The number of nitrogens with one attached hydrogen (secondary N) is 1. The van der Waals surface area contributed by atoms with E-state index in [4.69, 9.17) is 37.9 Å². The zero-order valence-corrected chi connectivity index (χ0v) is 66.1. The zero-order chi connectivity index (χ0) is 74.8. The number of ether oxygens (including phenoxy) is 9. The van der Waals surface area contributed by atoms with Crippen LogP contribution in [-0.4, -0.2) is 202 Å². The second-order valence-electron chi connectivity index (χ2n) is 30.9. The second-order valence-corrected chi connectivity index (χ2v) is 36.2. The summed E-state index contributed by atoms with van der Waals surface area (Å²) in [6, 6.07) is -0.464. The largest absolute Gasteiger partial charge is 0.469 e. The SMILES string of the molecule is CC(=O)CC1OC(C)(C2CSC(=O)C2)C(C)C(O)C1C.CC(=O)OC1C(C)C(C)OC(C)(C2CSC(=O)C2)C1C.CC1C2CC(=O)OC1C(C)C(C)(C1CSC(=O)C1)O2.CC1C2CC(=O)OC1C(C)C(O)(C1CSC(=O)N1)O2.CC1OC(C)(C2CSC(=O)C2)C(C)C(O)C1C.COC(C)=O. The molecule has 12 heterocycles. The Morgan fingerprint density at radius 3 is 1.23 bits per heavy atom. The summed E-state index contributed by atoms with van der Waals surface area (Å²) in [5.41, 5.74) is -1.68. The van der Waals surface area contributed by atoms with Crippen molar-refractivity contribution in [1.82, 2.24) is 5.32 Å². The van der Waals surface area contributed by atoms with Gasteiger partial charge in [0.2, 0.25) is 0 Å². The summed E-state index contributed by atoms with van der Waals surface area (Å²) in [6.07, 6.45) is 0.984. The molecule has 23 nitrogen and oxygen atoms in total. The van der Waals surface area contributed by atoms with Gasteiger partial charge < -0.3 is 63.3 Å². The van der Waals surface area contributed by atoms with Gasteiger partial charge in [-0.2, -0.15) is 0 Å². The average Bonchev–Trinajstić information content (AvgIpc) is 1.71. The molecule has 4 bridgehead atoms. The molecule has 12 saturated heterocycles. The van der Waals surface area contributed by atoms with Crippen LogP contribution in [0.4, 0.5) is 4.79 Å². The molecule has 0 radical (unpaired) electrons. The predicted octanol–water partition coefficient (Wildman–Crippen LogP) is 9.44. The lowest BCUT2D eigenvalue weighted by Gasteiger charge is -2.54. The quantitative estimate of drug-likeness (QED) is 0.130. The third-order valence-corrected chi connectivity index (χ3v) is 30.0. The molecule has 1 amide bonds. The van der Waals surface area contributed by atoms with Gasteiger partial charge in [-0.25, -0.2) is 0 Å². The van der Waals surface area contributed by atoms with Crippen LogP contribution in [0.1, 0.15) is 176 Å². The van der Waals surface area contributed by atoms with Crippen LogP contribution in [0.15, 0.2) is 0 Å². The number of aliphatic hydroxyl groups excluding tert-OH is 2. The number of amides is 1. The summed E-state index contributed by atoms with van der Waals surface area (Å²) in [5.74, 6) is 2.50. The van der Waals surface area contributed by atoms with Crippen LogP contribution in [0.25, 0.3) is 0 Å². The number of rotatable bonds is 8.